The molecular weight excluding hydrogens is 459 g/mol. The summed E-state index contributed by atoms with van der Waals surface area (Å²) in [5.74, 6) is 0.169. The fraction of sp³-hybridized carbons (Fsp3) is 0.154. The van der Waals surface area contributed by atoms with E-state index >= 15 is 0 Å². The first-order chi connectivity index (χ1) is 15.4. The molecule has 0 aliphatic carbocycles. The summed E-state index contributed by atoms with van der Waals surface area (Å²) in [5.41, 5.74) is 3.53. The number of pyridine rings is 1. The molecule has 3 nitrogen and oxygen atoms in total. The number of aromatic nitrogens is 2. The van der Waals surface area contributed by atoms with E-state index < -0.39 is 0 Å². The molecule has 2 heterocycles. The third-order valence-corrected chi connectivity index (χ3v) is 6.63. The molecule has 0 N–H and O–H groups in total. The van der Waals surface area contributed by atoms with Crippen LogP contribution in [0.2, 0.25) is 10.0 Å². The number of nitrogens with zero attached hydrogens (tertiary/aromatic N) is 2. The Morgan fingerprint density at radius 3 is 2.28 bits per heavy atom. The van der Waals surface area contributed by atoms with E-state index in [9.17, 15) is 4.79 Å². The van der Waals surface area contributed by atoms with E-state index in [1.54, 1.807) is 30.2 Å². The Labute approximate surface area is 202 Å². The highest BCUT2D eigenvalue weighted by Crippen LogP contribution is 2.40. The first-order valence-electron chi connectivity index (χ1n) is 10.3. The molecule has 2 aromatic carbocycles. The van der Waals surface area contributed by atoms with Gasteiger partial charge in [0, 0.05) is 51.2 Å². The van der Waals surface area contributed by atoms with Gasteiger partial charge in [0.1, 0.15) is 0 Å². The molecule has 4 rings (SSSR count). The van der Waals surface area contributed by atoms with E-state index in [4.69, 9.17) is 23.2 Å². The fourth-order valence-electron chi connectivity index (χ4n) is 3.65. The normalized spacial score (nSPS) is 11.2. The van der Waals surface area contributed by atoms with Gasteiger partial charge in [-0.1, -0.05) is 79.1 Å². The van der Waals surface area contributed by atoms with Crippen LogP contribution in [0.25, 0.3) is 0 Å². The maximum Gasteiger partial charge on any atom is 0.194 e. The van der Waals surface area contributed by atoms with Gasteiger partial charge in [0.15, 0.2) is 5.78 Å². The first kappa shape index (κ1) is 22.7. The van der Waals surface area contributed by atoms with Gasteiger partial charge in [0.2, 0.25) is 0 Å². The van der Waals surface area contributed by atoms with Crippen molar-refractivity contribution >= 4 is 40.7 Å². The summed E-state index contributed by atoms with van der Waals surface area (Å²) in [5, 5.41) is 2.17. The quantitative estimate of drug-likeness (QED) is 0.253. The number of carbonyl (C=O) groups is 1. The van der Waals surface area contributed by atoms with E-state index in [1.165, 1.54) is 0 Å². The summed E-state index contributed by atoms with van der Waals surface area (Å²) in [4.78, 5) is 18.5. The Morgan fingerprint density at radius 1 is 1.00 bits per heavy atom. The Morgan fingerprint density at radius 2 is 1.66 bits per heavy atom. The second-order valence-corrected chi connectivity index (χ2v) is 9.74. The molecule has 0 atom stereocenters. The number of benzene rings is 2. The Hall–Kier alpha value is -2.53. The van der Waals surface area contributed by atoms with E-state index in [0.29, 0.717) is 22.2 Å². The third-order valence-electron chi connectivity index (χ3n) is 5.08. The van der Waals surface area contributed by atoms with Crippen molar-refractivity contribution in [3.63, 3.8) is 0 Å². The number of hydrogen-bond acceptors (Lipinski definition) is 3. The summed E-state index contributed by atoms with van der Waals surface area (Å²) >= 11 is 14.1. The smallest absolute Gasteiger partial charge is 0.194 e. The van der Waals surface area contributed by atoms with Crippen LogP contribution in [-0.2, 0) is 6.54 Å². The second-order valence-electron chi connectivity index (χ2n) is 7.80. The lowest BCUT2D eigenvalue weighted by molar-refractivity contribution is 0.103. The van der Waals surface area contributed by atoms with E-state index in [1.807, 2.05) is 60.8 Å². The Bertz CT molecular complexity index is 1220. The zero-order valence-corrected chi connectivity index (χ0v) is 20.1. The topological polar surface area (TPSA) is 34.9 Å². The van der Waals surface area contributed by atoms with Crippen LogP contribution in [0.1, 0.15) is 46.8 Å². The highest BCUT2D eigenvalue weighted by atomic mass is 35.5. The van der Waals surface area contributed by atoms with Crippen molar-refractivity contribution in [3.05, 3.63) is 112 Å². The van der Waals surface area contributed by atoms with Crippen LogP contribution in [0.5, 0.6) is 0 Å². The molecule has 162 valence electrons. The average Bonchev–Trinajstić information content (AvgIpc) is 3.11. The molecule has 0 radical (unpaired) electrons. The lowest BCUT2D eigenvalue weighted by atomic mass is 9.96. The average molecular weight is 481 g/mol. The number of hydrogen-bond donors (Lipinski definition) is 0. The van der Waals surface area contributed by atoms with Crippen LogP contribution in [0.3, 0.4) is 0 Å². The van der Waals surface area contributed by atoms with Gasteiger partial charge < -0.3 is 4.57 Å². The third kappa shape index (κ3) is 5.09. The minimum atomic E-state index is 0.0220. The van der Waals surface area contributed by atoms with Crippen LogP contribution in [0.4, 0.5) is 0 Å². The van der Waals surface area contributed by atoms with E-state index in [0.717, 1.165) is 26.6 Å². The zero-order chi connectivity index (χ0) is 22.7. The Balaban J connectivity index is 1.85. The molecule has 0 unspecified atom stereocenters. The van der Waals surface area contributed by atoms with Gasteiger partial charge in [-0.15, -0.1) is 0 Å². The first-order valence-corrected chi connectivity index (χ1v) is 11.8. The monoisotopic (exact) mass is 480 g/mol. The van der Waals surface area contributed by atoms with Crippen molar-refractivity contribution in [2.24, 2.45) is 0 Å². The van der Waals surface area contributed by atoms with Crippen LogP contribution in [-0.4, -0.2) is 15.3 Å². The molecular formula is C26H22Cl2N2OS. The van der Waals surface area contributed by atoms with Crippen molar-refractivity contribution in [2.45, 2.75) is 36.2 Å². The maximum absolute atomic E-state index is 13.5. The molecule has 0 saturated heterocycles. The molecule has 0 amide bonds. The van der Waals surface area contributed by atoms with Crippen LogP contribution in [0.15, 0.2) is 89.2 Å². The lowest BCUT2D eigenvalue weighted by Crippen LogP contribution is -2.04. The SMILES string of the molecule is CC(C)c1c(C(=O)c2ccccc2)cn(Cc2ccncc2)c1Sc1cc(Cl)cc(Cl)c1. The summed E-state index contributed by atoms with van der Waals surface area (Å²) in [6.07, 6.45) is 5.53. The molecule has 0 saturated carbocycles. The predicted molar refractivity (Wildman–Crippen MR) is 132 cm³/mol. The van der Waals surface area contributed by atoms with Crippen molar-refractivity contribution in [1.82, 2.24) is 9.55 Å². The number of rotatable bonds is 7. The predicted octanol–water partition coefficient (Wildman–Crippen LogP) is 7.74. The van der Waals surface area contributed by atoms with Gasteiger partial charge in [-0.3, -0.25) is 9.78 Å². The van der Waals surface area contributed by atoms with Gasteiger partial charge in [-0.2, -0.15) is 0 Å². The van der Waals surface area contributed by atoms with E-state index in [-0.39, 0.29) is 11.7 Å². The van der Waals surface area contributed by atoms with Crippen molar-refractivity contribution in [1.29, 1.82) is 0 Å². The van der Waals surface area contributed by atoms with Crippen LogP contribution in [0, 0.1) is 0 Å². The minimum absolute atomic E-state index is 0.0220. The molecule has 0 fully saturated rings. The summed E-state index contributed by atoms with van der Waals surface area (Å²) in [6, 6.07) is 18.9. The molecule has 2 aromatic heterocycles. The van der Waals surface area contributed by atoms with Crippen molar-refractivity contribution in [2.75, 3.05) is 0 Å². The van der Waals surface area contributed by atoms with Gasteiger partial charge in [0.25, 0.3) is 0 Å². The van der Waals surface area contributed by atoms with Gasteiger partial charge in [0.05, 0.1) is 5.03 Å². The van der Waals surface area contributed by atoms with Gasteiger partial charge in [-0.05, 0) is 47.4 Å². The molecule has 0 aliphatic heterocycles. The summed E-state index contributed by atoms with van der Waals surface area (Å²) in [6.45, 7) is 4.85. The highest BCUT2D eigenvalue weighted by molar-refractivity contribution is 7.99. The van der Waals surface area contributed by atoms with Crippen molar-refractivity contribution in [3.8, 4) is 0 Å². The molecule has 32 heavy (non-hydrogen) atoms. The molecule has 0 bridgehead atoms. The summed E-state index contributed by atoms with van der Waals surface area (Å²) in [7, 11) is 0. The molecule has 0 aliphatic rings. The van der Waals surface area contributed by atoms with E-state index in [2.05, 4.69) is 23.4 Å². The molecule has 6 heteroatoms. The molecule has 4 aromatic rings. The number of carbonyl (C=O) groups excluding carboxylic acids is 1. The highest BCUT2D eigenvalue weighted by Gasteiger charge is 2.25. The minimum Gasteiger partial charge on any atom is -0.337 e. The second kappa shape index (κ2) is 9.95. The zero-order valence-electron chi connectivity index (χ0n) is 17.8. The van der Waals surface area contributed by atoms with Crippen LogP contribution < -0.4 is 0 Å². The van der Waals surface area contributed by atoms with Gasteiger partial charge in [-0.25, -0.2) is 0 Å². The lowest BCUT2D eigenvalue weighted by Gasteiger charge is -2.14. The number of ketones is 1. The van der Waals surface area contributed by atoms with Gasteiger partial charge >= 0.3 is 0 Å². The van der Waals surface area contributed by atoms with Crippen molar-refractivity contribution < 1.29 is 4.79 Å². The Kier molecular flexibility index (Phi) is 7.04. The summed E-state index contributed by atoms with van der Waals surface area (Å²) < 4.78 is 2.14. The standard InChI is InChI=1S/C26H22Cl2N2OS/c1-17(2)24-23(25(31)19-6-4-3-5-7-19)16-30(15-18-8-10-29-11-9-18)26(24)32-22-13-20(27)12-21(28)14-22/h3-14,16-17H,15H2,1-2H3. The fourth-order valence-corrected chi connectivity index (χ4v) is 5.59. The van der Waals surface area contributed by atoms with Crippen LogP contribution >= 0.6 is 35.0 Å². The largest absolute Gasteiger partial charge is 0.337 e. The maximum atomic E-state index is 13.5. The molecule has 0 spiro atoms. The number of halogens is 2.